The Labute approximate surface area is 194 Å². The van der Waals surface area contributed by atoms with Gasteiger partial charge in [0.2, 0.25) is 0 Å². The molecule has 0 atom stereocenters. The number of anilines is 2. The van der Waals surface area contributed by atoms with E-state index in [0.717, 1.165) is 27.0 Å². The predicted molar refractivity (Wildman–Crippen MR) is 134 cm³/mol. The fourth-order valence-electron chi connectivity index (χ4n) is 3.49. The Morgan fingerprint density at radius 2 is 1.75 bits per heavy atom. The summed E-state index contributed by atoms with van der Waals surface area (Å²) < 4.78 is 0.960. The monoisotopic (exact) mass is 458 g/mol. The van der Waals surface area contributed by atoms with Crippen molar-refractivity contribution in [2.75, 3.05) is 23.9 Å². The highest BCUT2D eigenvalue weighted by Gasteiger charge is 2.34. The third-order valence-electron chi connectivity index (χ3n) is 5.13. The number of fused-ring (bicyclic) bond motifs is 1. The number of carbonyl (C=O) groups is 1. The molecule has 1 aromatic heterocycles. The van der Waals surface area contributed by atoms with Gasteiger partial charge in [0.05, 0.1) is 10.2 Å². The maximum atomic E-state index is 13.5. The van der Waals surface area contributed by atoms with Gasteiger partial charge in [0, 0.05) is 30.4 Å². The summed E-state index contributed by atoms with van der Waals surface area (Å²) in [6, 6.07) is 23.2. The van der Waals surface area contributed by atoms with Gasteiger partial charge in [-0.25, -0.2) is 14.9 Å². The van der Waals surface area contributed by atoms with Crippen molar-refractivity contribution in [3.05, 3.63) is 94.6 Å². The SMILES string of the molecule is CN(C)c1ccc(/C=C2\N=C(c3ccccc3)N(c3nc4cc(Cl)ccc4s3)C2=O)cc1. The van der Waals surface area contributed by atoms with Crippen molar-refractivity contribution in [3.63, 3.8) is 0 Å². The average molecular weight is 459 g/mol. The molecule has 0 saturated carbocycles. The normalized spacial score (nSPS) is 15.0. The van der Waals surface area contributed by atoms with Gasteiger partial charge in [-0.2, -0.15) is 0 Å². The minimum atomic E-state index is -0.203. The zero-order valence-corrected chi connectivity index (χ0v) is 19.1. The van der Waals surface area contributed by atoms with Crippen molar-refractivity contribution >= 4 is 61.8 Å². The van der Waals surface area contributed by atoms with E-state index >= 15 is 0 Å². The molecule has 0 N–H and O–H groups in total. The van der Waals surface area contributed by atoms with Crippen LogP contribution in [0.25, 0.3) is 16.3 Å². The van der Waals surface area contributed by atoms with Crippen molar-refractivity contribution in [2.45, 2.75) is 0 Å². The van der Waals surface area contributed by atoms with Gasteiger partial charge in [0.15, 0.2) is 5.13 Å². The Bertz CT molecular complexity index is 1370. The molecule has 2 heterocycles. The second kappa shape index (κ2) is 8.22. The van der Waals surface area contributed by atoms with Crippen LogP contribution in [0.1, 0.15) is 11.1 Å². The molecule has 3 aromatic carbocycles. The number of hydrogen-bond acceptors (Lipinski definition) is 5. The van der Waals surface area contributed by atoms with E-state index < -0.39 is 0 Å². The summed E-state index contributed by atoms with van der Waals surface area (Å²) >= 11 is 7.57. The molecule has 1 aliphatic heterocycles. The number of hydrogen-bond donors (Lipinski definition) is 0. The maximum absolute atomic E-state index is 13.5. The summed E-state index contributed by atoms with van der Waals surface area (Å²) in [5.41, 5.74) is 3.99. The van der Waals surface area contributed by atoms with Crippen LogP contribution in [0.3, 0.4) is 0 Å². The standard InChI is InChI=1S/C25H19ClN4OS/c1-29(2)19-11-8-16(9-12-19)14-21-24(31)30(23(27-21)17-6-4-3-5-7-17)25-28-20-15-18(26)10-13-22(20)32-25/h3-15H,1-2H3/b21-14-. The van der Waals surface area contributed by atoms with E-state index in [2.05, 4.69) is 4.98 Å². The molecule has 0 aliphatic carbocycles. The van der Waals surface area contributed by atoms with Gasteiger partial charge in [-0.05, 0) is 42.0 Å². The zero-order valence-electron chi connectivity index (χ0n) is 17.5. The molecule has 0 spiro atoms. The van der Waals surface area contributed by atoms with Crippen molar-refractivity contribution in [2.24, 2.45) is 4.99 Å². The van der Waals surface area contributed by atoms with E-state index in [0.29, 0.717) is 21.7 Å². The fraction of sp³-hybridized carbons (Fsp3) is 0.0800. The molecule has 158 valence electrons. The predicted octanol–water partition coefficient (Wildman–Crippen LogP) is 5.85. The number of amides is 1. The first-order valence-electron chi connectivity index (χ1n) is 10.0. The summed E-state index contributed by atoms with van der Waals surface area (Å²) in [7, 11) is 3.99. The minimum Gasteiger partial charge on any atom is -0.378 e. The number of halogens is 1. The van der Waals surface area contributed by atoms with Crippen LogP contribution in [0.5, 0.6) is 0 Å². The Morgan fingerprint density at radius 1 is 1.00 bits per heavy atom. The van der Waals surface area contributed by atoms with Crippen LogP contribution in [-0.4, -0.2) is 30.8 Å². The maximum Gasteiger partial charge on any atom is 0.284 e. The fourth-order valence-corrected chi connectivity index (χ4v) is 4.60. The first-order valence-corrected chi connectivity index (χ1v) is 11.2. The molecule has 7 heteroatoms. The molecule has 0 radical (unpaired) electrons. The zero-order chi connectivity index (χ0) is 22.2. The molecule has 0 bridgehead atoms. The van der Waals surface area contributed by atoms with Crippen LogP contribution in [0, 0.1) is 0 Å². The van der Waals surface area contributed by atoms with Gasteiger partial charge in [-0.1, -0.05) is 65.4 Å². The summed E-state index contributed by atoms with van der Waals surface area (Å²) in [6.07, 6.45) is 1.81. The number of aromatic nitrogens is 1. The molecule has 1 aliphatic rings. The largest absolute Gasteiger partial charge is 0.378 e. The molecule has 32 heavy (non-hydrogen) atoms. The highest BCUT2D eigenvalue weighted by molar-refractivity contribution is 7.22. The van der Waals surface area contributed by atoms with E-state index in [1.54, 1.807) is 11.0 Å². The molecular formula is C25H19ClN4OS. The van der Waals surface area contributed by atoms with Crippen LogP contribution < -0.4 is 9.80 Å². The molecule has 0 unspecified atom stereocenters. The minimum absolute atomic E-state index is 0.203. The smallest absolute Gasteiger partial charge is 0.284 e. The van der Waals surface area contributed by atoms with Crippen LogP contribution in [-0.2, 0) is 4.79 Å². The van der Waals surface area contributed by atoms with Gasteiger partial charge in [-0.15, -0.1) is 0 Å². The number of amidine groups is 1. The Kier molecular flexibility index (Phi) is 5.25. The highest BCUT2D eigenvalue weighted by Crippen LogP contribution is 2.35. The number of rotatable bonds is 4. The molecule has 1 amide bonds. The second-order valence-electron chi connectivity index (χ2n) is 7.57. The average Bonchev–Trinajstić information content (AvgIpc) is 3.35. The van der Waals surface area contributed by atoms with Gasteiger partial charge >= 0.3 is 0 Å². The van der Waals surface area contributed by atoms with Gasteiger partial charge in [0.1, 0.15) is 11.5 Å². The summed E-state index contributed by atoms with van der Waals surface area (Å²) in [5, 5.41) is 1.18. The number of carbonyl (C=O) groups excluding carboxylic acids is 1. The Balaban J connectivity index is 1.59. The quantitative estimate of drug-likeness (QED) is 0.360. The van der Waals surface area contributed by atoms with E-state index in [9.17, 15) is 4.79 Å². The van der Waals surface area contributed by atoms with Gasteiger partial charge in [0.25, 0.3) is 5.91 Å². The van der Waals surface area contributed by atoms with E-state index in [-0.39, 0.29) is 5.91 Å². The number of benzene rings is 3. The first kappa shape index (κ1) is 20.4. The second-order valence-corrected chi connectivity index (χ2v) is 9.01. The van der Waals surface area contributed by atoms with Crippen LogP contribution in [0.15, 0.2) is 83.5 Å². The lowest BCUT2D eigenvalue weighted by atomic mass is 10.1. The van der Waals surface area contributed by atoms with Crippen LogP contribution in [0.2, 0.25) is 5.02 Å². The van der Waals surface area contributed by atoms with Crippen LogP contribution >= 0.6 is 22.9 Å². The molecule has 0 fully saturated rings. The molecule has 4 aromatic rings. The summed E-state index contributed by atoms with van der Waals surface area (Å²) in [5.74, 6) is 0.364. The molecule has 5 nitrogen and oxygen atoms in total. The van der Waals surface area contributed by atoms with E-state index in [1.165, 1.54) is 11.3 Å². The lowest BCUT2D eigenvalue weighted by Crippen LogP contribution is -2.32. The van der Waals surface area contributed by atoms with Gasteiger partial charge in [-0.3, -0.25) is 4.79 Å². The topological polar surface area (TPSA) is 48.8 Å². The van der Waals surface area contributed by atoms with Crippen molar-refractivity contribution < 1.29 is 4.79 Å². The first-order chi connectivity index (χ1) is 15.5. The van der Waals surface area contributed by atoms with Crippen molar-refractivity contribution in [1.29, 1.82) is 0 Å². The lowest BCUT2D eigenvalue weighted by Gasteiger charge is -2.14. The molecule has 0 saturated heterocycles. The number of nitrogens with zero attached hydrogens (tertiary/aromatic N) is 4. The van der Waals surface area contributed by atoms with E-state index in [4.69, 9.17) is 16.6 Å². The highest BCUT2D eigenvalue weighted by atomic mass is 35.5. The number of thiazole rings is 1. The Morgan fingerprint density at radius 3 is 2.47 bits per heavy atom. The molecule has 5 rings (SSSR count). The Hall–Kier alpha value is -3.48. The van der Waals surface area contributed by atoms with E-state index in [1.807, 2.05) is 91.8 Å². The van der Waals surface area contributed by atoms with Crippen molar-refractivity contribution in [1.82, 2.24) is 4.98 Å². The third-order valence-corrected chi connectivity index (χ3v) is 6.39. The van der Waals surface area contributed by atoms with Gasteiger partial charge < -0.3 is 4.90 Å². The summed E-state index contributed by atoms with van der Waals surface area (Å²) in [6.45, 7) is 0. The number of aliphatic imine (C=N–C) groups is 1. The third kappa shape index (κ3) is 3.79. The van der Waals surface area contributed by atoms with Crippen LogP contribution in [0.4, 0.5) is 10.8 Å². The molecular weight excluding hydrogens is 440 g/mol. The van der Waals surface area contributed by atoms with Crippen molar-refractivity contribution in [3.8, 4) is 0 Å². The summed E-state index contributed by atoms with van der Waals surface area (Å²) in [4.78, 5) is 26.5. The lowest BCUT2D eigenvalue weighted by molar-refractivity contribution is -0.113.